The van der Waals surface area contributed by atoms with Gasteiger partial charge in [0.25, 0.3) is 0 Å². The summed E-state index contributed by atoms with van der Waals surface area (Å²) in [7, 11) is -4.37. The number of hydrogen-bond donors (Lipinski definition) is 1. The summed E-state index contributed by atoms with van der Waals surface area (Å²) in [5.41, 5.74) is -0.624. The number of halogens is 1. The second-order valence-electron chi connectivity index (χ2n) is 15.9. The van der Waals surface area contributed by atoms with Gasteiger partial charge in [-0.15, -0.1) is 6.58 Å². The van der Waals surface area contributed by atoms with Gasteiger partial charge in [-0.3, -0.25) is 28.3 Å². The van der Waals surface area contributed by atoms with E-state index in [-0.39, 0.29) is 38.3 Å². The maximum atomic E-state index is 14.6. The SMILES string of the molecule is C=CC1C[C@]1(CC(=O)C1CC(Oc2ccnc3c(Cl)c(C)ccc23)CN1C(=O)C(CC(=O)OC1CCCC1)C(C)(C)C)C(=O)NS(=O)(=O)OC1CC1. The smallest absolute Gasteiger partial charge is 0.362 e. The predicted molar refractivity (Wildman–Crippen MR) is 193 cm³/mol. The van der Waals surface area contributed by atoms with E-state index >= 15 is 0 Å². The van der Waals surface area contributed by atoms with Crippen molar-refractivity contribution in [2.75, 3.05) is 6.54 Å². The quantitative estimate of drug-likeness (QED) is 0.185. The van der Waals surface area contributed by atoms with Crippen LogP contribution in [0.15, 0.2) is 37.1 Å². The minimum Gasteiger partial charge on any atom is -0.488 e. The van der Waals surface area contributed by atoms with E-state index in [1.807, 2.05) is 44.5 Å². The van der Waals surface area contributed by atoms with E-state index in [9.17, 15) is 27.6 Å². The molecular formula is C38H48ClN3O9S. The minimum absolute atomic E-state index is 0.0383. The van der Waals surface area contributed by atoms with Crippen LogP contribution >= 0.6 is 11.6 Å². The highest BCUT2D eigenvalue weighted by Gasteiger charge is 2.61. The first-order chi connectivity index (χ1) is 24.5. The molecule has 3 saturated carbocycles. The molecule has 1 N–H and O–H groups in total. The summed E-state index contributed by atoms with van der Waals surface area (Å²) in [5.74, 6) is -2.89. The molecule has 1 aromatic carbocycles. The van der Waals surface area contributed by atoms with Gasteiger partial charge >= 0.3 is 16.3 Å². The number of ketones is 1. The first-order valence-electron chi connectivity index (χ1n) is 18.1. The highest BCUT2D eigenvalue weighted by atomic mass is 35.5. The Balaban J connectivity index is 1.27. The molecule has 0 radical (unpaired) electrons. The number of ether oxygens (including phenoxy) is 2. The third kappa shape index (κ3) is 8.31. The van der Waals surface area contributed by atoms with Gasteiger partial charge in [0.2, 0.25) is 11.8 Å². The van der Waals surface area contributed by atoms with Crippen LogP contribution in [-0.4, -0.2) is 72.8 Å². The molecule has 1 aromatic heterocycles. The lowest BCUT2D eigenvalue weighted by Crippen LogP contribution is -2.48. The van der Waals surface area contributed by atoms with Crippen molar-refractivity contribution in [1.29, 1.82) is 0 Å². The fourth-order valence-corrected chi connectivity index (χ4v) is 8.79. The average Bonchev–Trinajstić information content (AvgIpc) is 3.90. The Labute approximate surface area is 310 Å². The number of carbonyl (C=O) groups excluding carboxylic acids is 4. The molecule has 1 aliphatic heterocycles. The molecule has 2 aromatic rings. The van der Waals surface area contributed by atoms with Crippen LogP contribution in [0.3, 0.4) is 0 Å². The fourth-order valence-electron chi connectivity index (χ4n) is 7.54. The molecule has 2 heterocycles. The Bertz CT molecular complexity index is 1870. The maximum absolute atomic E-state index is 14.6. The van der Waals surface area contributed by atoms with Crippen molar-refractivity contribution in [2.45, 2.75) is 116 Å². The zero-order valence-corrected chi connectivity index (χ0v) is 31.8. The Morgan fingerprint density at radius 3 is 2.44 bits per heavy atom. The Morgan fingerprint density at radius 2 is 1.81 bits per heavy atom. The summed E-state index contributed by atoms with van der Waals surface area (Å²) < 4.78 is 44.4. The van der Waals surface area contributed by atoms with Crippen molar-refractivity contribution in [2.24, 2.45) is 22.7 Å². The van der Waals surface area contributed by atoms with Gasteiger partial charge in [-0.1, -0.05) is 44.5 Å². The molecule has 1 saturated heterocycles. The van der Waals surface area contributed by atoms with Gasteiger partial charge in [-0.25, -0.2) is 4.72 Å². The summed E-state index contributed by atoms with van der Waals surface area (Å²) in [5, 5.41) is 1.16. The van der Waals surface area contributed by atoms with E-state index in [2.05, 4.69) is 11.6 Å². The molecule has 12 nitrogen and oxygen atoms in total. The van der Waals surface area contributed by atoms with Crippen LogP contribution in [-0.2, 0) is 38.4 Å². The number of nitrogens with zero attached hydrogens (tertiary/aromatic N) is 2. The van der Waals surface area contributed by atoms with Crippen molar-refractivity contribution < 1.29 is 41.3 Å². The predicted octanol–water partition coefficient (Wildman–Crippen LogP) is 5.77. The highest BCUT2D eigenvalue weighted by Crippen LogP contribution is 2.57. The Morgan fingerprint density at radius 1 is 1.10 bits per heavy atom. The molecule has 14 heteroatoms. The number of aromatic nitrogens is 1. The van der Waals surface area contributed by atoms with Crippen LogP contribution in [0.1, 0.15) is 90.5 Å². The van der Waals surface area contributed by atoms with E-state index in [1.165, 1.54) is 11.0 Å². The summed E-state index contributed by atoms with van der Waals surface area (Å²) in [6.07, 6.45) is 6.44. The van der Waals surface area contributed by atoms with Gasteiger partial charge in [0.05, 0.1) is 47.0 Å². The van der Waals surface area contributed by atoms with Crippen LogP contribution in [0.5, 0.6) is 5.75 Å². The minimum atomic E-state index is -4.37. The topological polar surface area (TPSA) is 158 Å². The van der Waals surface area contributed by atoms with Gasteiger partial charge in [-0.05, 0) is 80.9 Å². The highest BCUT2D eigenvalue weighted by molar-refractivity contribution is 7.85. The Hall–Kier alpha value is -3.55. The van der Waals surface area contributed by atoms with Gasteiger partial charge in [0.1, 0.15) is 18.0 Å². The third-order valence-electron chi connectivity index (χ3n) is 10.9. The van der Waals surface area contributed by atoms with Crippen LogP contribution in [0.2, 0.25) is 5.02 Å². The van der Waals surface area contributed by atoms with Gasteiger partial charge < -0.3 is 14.4 Å². The van der Waals surface area contributed by atoms with Crippen LogP contribution < -0.4 is 9.46 Å². The molecule has 5 atom stereocenters. The number of aryl methyl sites for hydroxylation is 1. The van der Waals surface area contributed by atoms with Crippen LogP contribution in [0.4, 0.5) is 0 Å². The lowest BCUT2D eigenvalue weighted by atomic mass is 9.77. The summed E-state index contributed by atoms with van der Waals surface area (Å²) in [6.45, 7) is 11.3. The molecule has 3 aliphatic carbocycles. The second kappa shape index (κ2) is 14.7. The van der Waals surface area contributed by atoms with E-state index < -0.39 is 74.8 Å². The lowest BCUT2D eigenvalue weighted by Gasteiger charge is -2.35. The van der Waals surface area contributed by atoms with Crippen molar-refractivity contribution in [1.82, 2.24) is 14.6 Å². The average molecular weight is 758 g/mol. The fraction of sp³-hybridized carbons (Fsp3) is 0.605. The third-order valence-corrected chi connectivity index (χ3v) is 12.3. The molecule has 2 amide bonds. The Kier molecular flexibility index (Phi) is 10.8. The molecule has 282 valence electrons. The van der Waals surface area contributed by atoms with Crippen LogP contribution in [0.25, 0.3) is 10.9 Å². The number of nitrogens with one attached hydrogen (secondary N) is 1. The van der Waals surface area contributed by atoms with E-state index in [0.717, 1.165) is 31.2 Å². The van der Waals surface area contributed by atoms with Gasteiger partial charge in [0, 0.05) is 24.4 Å². The standard InChI is InChI=1S/C38H48ClN3O9S/c1-6-23-19-38(23,36(46)41-52(47,48)51-25-12-13-25)20-30(43)29-17-26(49-31-15-16-40-34-27(31)14-11-22(2)33(34)39)21-42(29)35(45)28(37(3,4)5)18-32(44)50-24-9-7-8-10-24/h6,11,14-16,23-26,28-29H,1,7-10,12-13,17-21H2,2-5H3,(H,41,46)/t23?,26?,28?,29?,38-/m1/s1. The number of likely N-dealkylation sites (tertiary alicyclic amines) is 1. The number of amides is 2. The molecule has 52 heavy (non-hydrogen) atoms. The summed E-state index contributed by atoms with van der Waals surface area (Å²) >= 11 is 6.56. The number of esters is 1. The molecule has 0 spiro atoms. The number of rotatable bonds is 14. The molecule has 4 fully saturated rings. The van der Waals surface area contributed by atoms with Crippen molar-refractivity contribution >= 4 is 56.4 Å². The van der Waals surface area contributed by atoms with E-state index in [4.69, 9.17) is 25.3 Å². The molecule has 0 bridgehead atoms. The van der Waals surface area contributed by atoms with Gasteiger partial charge in [0.15, 0.2) is 5.78 Å². The first-order valence-corrected chi connectivity index (χ1v) is 19.9. The van der Waals surface area contributed by atoms with Gasteiger partial charge in [-0.2, -0.15) is 8.42 Å². The lowest BCUT2D eigenvalue weighted by molar-refractivity contribution is -0.156. The summed E-state index contributed by atoms with van der Waals surface area (Å²) in [6, 6.07) is 4.41. The first kappa shape index (κ1) is 38.2. The zero-order chi connectivity index (χ0) is 37.6. The number of allylic oxidation sites excluding steroid dienone is 1. The zero-order valence-electron chi connectivity index (χ0n) is 30.2. The van der Waals surface area contributed by atoms with Crippen molar-refractivity contribution in [3.8, 4) is 5.75 Å². The van der Waals surface area contributed by atoms with Crippen molar-refractivity contribution in [3.05, 3.63) is 47.6 Å². The second-order valence-corrected chi connectivity index (χ2v) is 17.6. The maximum Gasteiger partial charge on any atom is 0.362 e. The molecule has 6 rings (SSSR count). The van der Waals surface area contributed by atoms with Crippen molar-refractivity contribution in [3.63, 3.8) is 0 Å². The number of carbonyl (C=O) groups is 4. The number of pyridine rings is 1. The number of Topliss-reactive ketones (excluding diaryl/α,β-unsaturated/α-hetero) is 1. The largest absolute Gasteiger partial charge is 0.488 e. The monoisotopic (exact) mass is 757 g/mol. The summed E-state index contributed by atoms with van der Waals surface area (Å²) in [4.78, 5) is 61.6. The van der Waals surface area contributed by atoms with E-state index in [0.29, 0.717) is 34.5 Å². The number of hydrogen-bond acceptors (Lipinski definition) is 10. The molecular weight excluding hydrogens is 710 g/mol. The van der Waals surface area contributed by atoms with Crippen LogP contribution in [0, 0.1) is 29.6 Å². The normalized spacial score (nSPS) is 25.5. The van der Waals surface area contributed by atoms with E-state index in [1.54, 1.807) is 12.3 Å². The molecule has 4 unspecified atom stereocenters. The molecule has 4 aliphatic rings. The number of fused-ring (bicyclic) bond motifs is 1. The number of benzene rings is 1.